The van der Waals surface area contributed by atoms with E-state index in [0.29, 0.717) is 18.8 Å². The van der Waals surface area contributed by atoms with Gasteiger partial charge in [0.05, 0.1) is 27.0 Å². The van der Waals surface area contributed by atoms with E-state index in [-0.39, 0.29) is 5.82 Å². The Hall–Kier alpha value is -3.87. The van der Waals surface area contributed by atoms with Gasteiger partial charge in [-0.1, -0.05) is 29.5 Å². The van der Waals surface area contributed by atoms with Crippen molar-refractivity contribution in [1.29, 1.82) is 0 Å². The van der Waals surface area contributed by atoms with Crippen LogP contribution in [0.5, 0.6) is 17.2 Å². The highest BCUT2D eigenvalue weighted by Gasteiger charge is 2.06. The minimum atomic E-state index is -0.256. The van der Waals surface area contributed by atoms with Crippen molar-refractivity contribution in [1.82, 2.24) is 15.0 Å². The highest BCUT2D eigenvalue weighted by atomic mass is 19.1. The van der Waals surface area contributed by atoms with Crippen LogP contribution in [0.15, 0.2) is 72.9 Å². The first-order valence-electron chi connectivity index (χ1n) is 9.73. The predicted octanol–water partition coefficient (Wildman–Crippen LogP) is 4.73. The molecule has 0 N–H and O–H groups in total. The Kier molecular flexibility index (Phi) is 6.12. The molecule has 7 heteroatoms. The van der Waals surface area contributed by atoms with Crippen LogP contribution in [0.1, 0.15) is 11.3 Å². The van der Waals surface area contributed by atoms with Crippen molar-refractivity contribution in [2.45, 2.75) is 13.2 Å². The Labute approximate surface area is 179 Å². The molecule has 0 saturated carbocycles. The molecule has 1 aromatic heterocycles. The van der Waals surface area contributed by atoms with Crippen LogP contribution in [-0.2, 0) is 13.2 Å². The molecule has 0 unspecified atom stereocenters. The number of methoxy groups -OCH3 is 2. The van der Waals surface area contributed by atoms with Crippen molar-refractivity contribution < 1.29 is 18.6 Å². The molecular formula is C24H22FN3O3. The third-order valence-electron chi connectivity index (χ3n) is 4.77. The third-order valence-corrected chi connectivity index (χ3v) is 4.77. The van der Waals surface area contributed by atoms with Gasteiger partial charge in [-0.3, -0.25) is 0 Å². The molecule has 0 bridgehead atoms. The first kappa shape index (κ1) is 20.4. The zero-order valence-electron chi connectivity index (χ0n) is 17.3. The average Bonchev–Trinajstić information content (AvgIpc) is 3.26. The Bertz CT molecular complexity index is 1120. The summed E-state index contributed by atoms with van der Waals surface area (Å²) >= 11 is 0. The van der Waals surface area contributed by atoms with Gasteiger partial charge in [-0.05, 0) is 53.1 Å². The highest BCUT2D eigenvalue weighted by molar-refractivity contribution is 5.67. The second-order valence-electron chi connectivity index (χ2n) is 6.95. The lowest BCUT2D eigenvalue weighted by atomic mass is 10.0. The zero-order chi connectivity index (χ0) is 21.6. The minimum absolute atomic E-state index is 0.256. The number of aromatic nitrogens is 3. The number of hydrogen-bond donors (Lipinski definition) is 0. The fourth-order valence-electron chi connectivity index (χ4n) is 3.13. The van der Waals surface area contributed by atoms with Crippen LogP contribution in [0.2, 0.25) is 0 Å². The summed E-state index contributed by atoms with van der Waals surface area (Å²) in [5.74, 6) is 1.94. The normalized spacial score (nSPS) is 10.7. The SMILES string of the molecule is COc1cc(OC)cc(-c2ccc(OCc3cn(Cc4ccc(F)cc4)nn3)cc2)c1. The number of halogens is 1. The van der Waals surface area contributed by atoms with E-state index in [1.165, 1.54) is 12.1 Å². The summed E-state index contributed by atoms with van der Waals surface area (Å²) in [5, 5.41) is 8.24. The van der Waals surface area contributed by atoms with Crippen molar-refractivity contribution in [2.24, 2.45) is 0 Å². The summed E-state index contributed by atoms with van der Waals surface area (Å²) < 4.78 is 31.2. The van der Waals surface area contributed by atoms with Crippen LogP contribution >= 0.6 is 0 Å². The molecule has 4 rings (SSSR count). The maximum Gasteiger partial charge on any atom is 0.134 e. The molecule has 6 nitrogen and oxygen atoms in total. The van der Waals surface area contributed by atoms with Gasteiger partial charge < -0.3 is 14.2 Å². The molecule has 158 valence electrons. The van der Waals surface area contributed by atoms with Crippen molar-refractivity contribution in [3.05, 3.63) is 90.0 Å². The standard InChI is InChI=1S/C24H22FN3O3/c1-29-23-11-19(12-24(13-23)30-2)18-5-9-22(10-6-18)31-16-21-15-28(27-26-21)14-17-3-7-20(25)8-4-17/h3-13,15H,14,16H2,1-2H3. The summed E-state index contributed by atoms with van der Waals surface area (Å²) in [4.78, 5) is 0. The summed E-state index contributed by atoms with van der Waals surface area (Å²) in [7, 11) is 3.26. The third kappa shape index (κ3) is 5.19. The molecule has 0 aliphatic rings. The average molecular weight is 419 g/mol. The largest absolute Gasteiger partial charge is 0.497 e. The zero-order valence-corrected chi connectivity index (χ0v) is 17.3. The maximum absolute atomic E-state index is 13.0. The highest BCUT2D eigenvalue weighted by Crippen LogP contribution is 2.30. The van der Waals surface area contributed by atoms with E-state index < -0.39 is 0 Å². The molecule has 0 saturated heterocycles. The number of rotatable bonds is 8. The number of ether oxygens (including phenoxy) is 3. The van der Waals surface area contributed by atoms with Crippen LogP contribution in [0.25, 0.3) is 11.1 Å². The summed E-state index contributed by atoms with van der Waals surface area (Å²) in [6.45, 7) is 0.821. The predicted molar refractivity (Wildman–Crippen MR) is 115 cm³/mol. The van der Waals surface area contributed by atoms with Crippen LogP contribution in [-0.4, -0.2) is 29.2 Å². The van der Waals surface area contributed by atoms with E-state index in [1.54, 1.807) is 31.0 Å². The molecular weight excluding hydrogens is 397 g/mol. The topological polar surface area (TPSA) is 58.4 Å². The fourth-order valence-corrected chi connectivity index (χ4v) is 3.13. The van der Waals surface area contributed by atoms with Gasteiger partial charge in [0, 0.05) is 6.07 Å². The molecule has 0 amide bonds. The maximum atomic E-state index is 13.0. The lowest BCUT2D eigenvalue weighted by molar-refractivity contribution is 0.301. The molecule has 0 spiro atoms. The Morgan fingerprint density at radius 2 is 1.48 bits per heavy atom. The molecule has 3 aromatic carbocycles. The first-order valence-corrected chi connectivity index (χ1v) is 9.73. The molecule has 31 heavy (non-hydrogen) atoms. The van der Waals surface area contributed by atoms with Crippen molar-refractivity contribution >= 4 is 0 Å². The van der Waals surface area contributed by atoms with Gasteiger partial charge in [0.1, 0.15) is 35.4 Å². The van der Waals surface area contributed by atoms with Gasteiger partial charge in [-0.25, -0.2) is 9.07 Å². The lowest BCUT2D eigenvalue weighted by Crippen LogP contribution is -2.00. The van der Waals surface area contributed by atoms with Gasteiger partial charge in [-0.15, -0.1) is 5.10 Å². The van der Waals surface area contributed by atoms with E-state index in [9.17, 15) is 4.39 Å². The van der Waals surface area contributed by atoms with Crippen LogP contribution in [0, 0.1) is 5.82 Å². The van der Waals surface area contributed by atoms with E-state index in [0.717, 1.165) is 33.9 Å². The Morgan fingerprint density at radius 1 is 0.806 bits per heavy atom. The van der Waals surface area contributed by atoms with Crippen molar-refractivity contribution in [3.8, 4) is 28.4 Å². The summed E-state index contributed by atoms with van der Waals surface area (Å²) in [5.41, 5.74) is 3.67. The van der Waals surface area contributed by atoms with Crippen LogP contribution < -0.4 is 14.2 Å². The van der Waals surface area contributed by atoms with Crippen LogP contribution in [0.3, 0.4) is 0 Å². The molecule has 0 radical (unpaired) electrons. The van der Waals surface area contributed by atoms with Gasteiger partial charge in [0.2, 0.25) is 0 Å². The summed E-state index contributed by atoms with van der Waals surface area (Å²) in [6.07, 6.45) is 1.82. The second-order valence-corrected chi connectivity index (χ2v) is 6.95. The molecule has 0 aliphatic carbocycles. The summed E-state index contributed by atoms with van der Waals surface area (Å²) in [6, 6.07) is 19.8. The Morgan fingerprint density at radius 3 is 2.13 bits per heavy atom. The monoisotopic (exact) mass is 419 g/mol. The molecule has 0 aliphatic heterocycles. The number of nitrogens with zero attached hydrogens (tertiary/aromatic N) is 3. The molecule has 0 fully saturated rings. The smallest absolute Gasteiger partial charge is 0.134 e. The fraction of sp³-hybridized carbons (Fsp3) is 0.167. The first-order chi connectivity index (χ1) is 15.1. The van der Waals surface area contributed by atoms with E-state index in [4.69, 9.17) is 14.2 Å². The minimum Gasteiger partial charge on any atom is -0.497 e. The van der Waals surface area contributed by atoms with E-state index in [2.05, 4.69) is 10.3 Å². The molecule has 0 atom stereocenters. The number of benzene rings is 3. The van der Waals surface area contributed by atoms with E-state index in [1.807, 2.05) is 48.7 Å². The second kappa shape index (κ2) is 9.30. The van der Waals surface area contributed by atoms with Gasteiger partial charge in [0.15, 0.2) is 0 Å². The van der Waals surface area contributed by atoms with E-state index >= 15 is 0 Å². The van der Waals surface area contributed by atoms with Crippen LogP contribution in [0.4, 0.5) is 4.39 Å². The van der Waals surface area contributed by atoms with Gasteiger partial charge in [-0.2, -0.15) is 0 Å². The lowest BCUT2D eigenvalue weighted by Gasteiger charge is -2.10. The number of hydrogen-bond acceptors (Lipinski definition) is 5. The molecule has 4 aromatic rings. The Balaban J connectivity index is 1.38. The van der Waals surface area contributed by atoms with Gasteiger partial charge in [0.25, 0.3) is 0 Å². The quantitative estimate of drug-likeness (QED) is 0.413. The van der Waals surface area contributed by atoms with Crippen molar-refractivity contribution in [2.75, 3.05) is 14.2 Å². The van der Waals surface area contributed by atoms with Crippen molar-refractivity contribution in [3.63, 3.8) is 0 Å². The molecule has 1 heterocycles. The van der Waals surface area contributed by atoms with Gasteiger partial charge >= 0.3 is 0 Å².